The fourth-order valence-electron chi connectivity index (χ4n) is 3.78. The molecule has 2 aliphatic heterocycles. The van der Waals surface area contributed by atoms with E-state index in [0.717, 1.165) is 31.5 Å². The summed E-state index contributed by atoms with van der Waals surface area (Å²) in [7, 11) is 0. The molecule has 2 aliphatic rings. The number of hydrogen-bond acceptors (Lipinski definition) is 5. The summed E-state index contributed by atoms with van der Waals surface area (Å²) in [6, 6.07) is 3.34. The van der Waals surface area contributed by atoms with Crippen LogP contribution in [-0.4, -0.2) is 34.6 Å². The predicted octanol–water partition coefficient (Wildman–Crippen LogP) is 2.49. The van der Waals surface area contributed by atoms with E-state index in [4.69, 9.17) is 0 Å². The van der Waals surface area contributed by atoms with Gasteiger partial charge in [-0.2, -0.15) is 0 Å². The normalized spacial score (nSPS) is 27.6. The van der Waals surface area contributed by atoms with E-state index in [1.807, 2.05) is 0 Å². The maximum atomic E-state index is 11.3. The van der Waals surface area contributed by atoms with Crippen LogP contribution in [0.4, 0.5) is 11.4 Å². The van der Waals surface area contributed by atoms with Crippen molar-refractivity contribution >= 4 is 11.4 Å². The number of rotatable bonds is 5. The lowest BCUT2D eigenvalue weighted by Gasteiger charge is -2.38. The minimum Gasteiger partial charge on any atom is -0.363 e. The van der Waals surface area contributed by atoms with Crippen molar-refractivity contribution in [2.45, 2.75) is 57.2 Å². The molecule has 2 saturated heterocycles. The fourth-order valence-corrected chi connectivity index (χ4v) is 3.78. The second-order valence-electron chi connectivity index (χ2n) is 6.08. The number of hydrogen-bond donors (Lipinski definition) is 1. The highest BCUT2D eigenvalue weighted by molar-refractivity contribution is 5.62. The van der Waals surface area contributed by atoms with E-state index in [1.54, 1.807) is 12.3 Å². The third kappa shape index (κ3) is 2.85. The van der Waals surface area contributed by atoms with Crippen LogP contribution in [0, 0.1) is 10.1 Å². The lowest BCUT2D eigenvalue weighted by Crippen LogP contribution is -2.48. The lowest BCUT2D eigenvalue weighted by molar-refractivity contribution is -0.384. The minimum absolute atomic E-state index is 0.122. The summed E-state index contributed by atoms with van der Waals surface area (Å²) in [6.45, 7) is 2.98. The third-order valence-electron chi connectivity index (χ3n) is 4.64. The van der Waals surface area contributed by atoms with Gasteiger partial charge in [0.25, 0.3) is 0 Å². The second kappa shape index (κ2) is 5.97. The van der Waals surface area contributed by atoms with E-state index in [2.05, 4.69) is 22.1 Å². The molecule has 3 heterocycles. The number of piperidine rings is 1. The molecule has 1 aromatic rings. The maximum Gasteiger partial charge on any atom is 0.310 e. The molecule has 3 rings (SSSR count). The number of aromatic nitrogens is 1. The Morgan fingerprint density at radius 1 is 1.43 bits per heavy atom. The average molecular weight is 290 g/mol. The van der Waals surface area contributed by atoms with Crippen LogP contribution in [0.2, 0.25) is 0 Å². The van der Waals surface area contributed by atoms with Crippen LogP contribution in [0.25, 0.3) is 0 Å². The van der Waals surface area contributed by atoms with Crippen molar-refractivity contribution in [2.24, 2.45) is 0 Å². The largest absolute Gasteiger partial charge is 0.363 e. The summed E-state index contributed by atoms with van der Waals surface area (Å²) >= 11 is 0. The zero-order chi connectivity index (χ0) is 14.8. The maximum absolute atomic E-state index is 11.3. The van der Waals surface area contributed by atoms with E-state index in [9.17, 15) is 10.1 Å². The van der Waals surface area contributed by atoms with Gasteiger partial charge < -0.3 is 10.2 Å². The van der Waals surface area contributed by atoms with Gasteiger partial charge in [-0.25, -0.2) is 0 Å². The van der Waals surface area contributed by atoms with Gasteiger partial charge in [-0.05, 0) is 38.2 Å². The van der Waals surface area contributed by atoms with Crippen molar-refractivity contribution < 1.29 is 4.92 Å². The van der Waals surface area contributed by atoms with Crippen molar-refractivity contribution in [3.8, 4) is 0 Å². The van der Waals surface area contributed by atoms with Crippen LogP contribution in [0.15, 0.2) is 18.5 Å². The van der Waals surface area contributed by atoms with Gasteiger partial charge in [0, 0.05) is 30.9 Å². The smallest absolute Gasteiger partial charge is 0.310 e. The van der Waals surface area contributed by atoms with E-state index < -0.39 is 0 Å². The molecule has 0 aromatic carbocycles. The van der Waals surface area contributed by atoms with Crippen LogP contribution >= 0.6 is 0 Å². The third-order valence-corrected chi connectivity index (χ3v) is 4.64. The highest BCUT2D eigenvalue weighted by atomic mass is 16.6. The molecule has 0 amide bonds. The Hall–Kier alpha value is -1.69. The van der Waals surface area contributed by atoms with E-state index in [0.29, 0.717) is 18.1 Å². The number of nitro groups is 1. The van der Waals surface area contributed by atoms with Gasteiger partial charge in [-0.1, -0.05) is 6.92 Å². The molecule has 2 fully saturated rings. The predicted molar refractivity (Wildman–Crippen MR) is 81.5 cm³/mol. The Bertz CT molecular complexity index is 510. The molecule has 2 unspecified atom stereocenters. The number of fused-ring (bicyclic) bond motifs is 2. The van der Waals surface area contributed by atoms with Crippen molar-refractivity contribution in [3.05, 3.63) is 28.6 Å². The standard InChI is InChI=1S/C15H22N4O2/c1-2-7-18(13-8-11-3-4-12(9-13)17-11)14-5-6-16-10-15(14)19(20)21/h5-6,10-13,17H,2-4,7-9H2,1H3. The van der Waals surface area contributed by atoms with Gasteiger partial charge in [-0.15, -0.1) is 0 Å². The Morgan fingerprint density at radius 2 is 2.14 bits per heavy atom. The first-order chi connectivity index (χ1) is 10.2. The van der Waals surface area contributed by atoms with Crippen molar-refractivity contribution in [2.75, 3.05) is 11.4 Å². The van der Waals surface area contributed by atoms with E-state index in [1.165, 1.54) is 19.0 Å². The topological polar surface area (TPSA) is 71.3 Å². The molecule has 2 bridgehead atoms. The highest BCUT2D eigenvalue weighted by Crippen LogP contribution is 2.35. The zero-order valence-electron chi connectivity index (χ0n) is 12.4. The number of pyridine rings is 1. The summed E-state index contributed by atoms with van der Waals surface area (Å²) in [5.74, 6) is 0. The molecule has 0 saturated carbocycles. The van der Waals surface area contributed by atoms with E-state index in [-0.39, 0.29) is 10.6 Å². The summed E-state index contributed by atoms with van der Waals surface area (Å²) in [5, 5.41) is 14.9. The summed E-state index contributed by atoms with van der Waals surface area (Å²) < 4.78 is 0. The first kappa shape index (κ1) is 14.3. The van der Waals surface area contributed by atoms with Crippen molar-refractivity contribution in [3.63, 3.8) is 0 Å². The number of nitrogens with zero attached hydrogens (tertiary/aromatic N) is 3. The zero-order valence-corrected chi connectivity index (χ0v) is 12.4. The molecule has 2 atom stereocenters. The molecule has 6 heteroatoms. The molecule has 0 spiro atoms. The van der Waals surface area contributed by atoms with Crippen LogP contribution in [0.1, 0.15) is 39.0 Å². The first-order valence-electron chi connectivity index (χ1n) is 7.80. The summed E-state index contributed by atoms with van der Waals surface area (Å²) in [4.78, 5) is 17.1. The van der Waals surface area contributed by atoms with Crippen LogP contribution in [-0.2, 0) is 0 Å². The van der Waals surface area contributed by atoms with Crippen molar-refractivity contribution in [1.82, 2.24) is 10.3 Å². The van der Waals surface area contributed by atoms with Gasteiger partial charge in [0.05, 0.1) is 4.92 Å². The molecule has 114 valence electrons. The van der Waals surface area contributed by atoms with Crippen LogP contribution in [0.5, 0.6) is 0 Å². The molecular weight excluding hydrogens is 268 g/mol. The fraction of sp³-hybridized carbons (Fsp3) is 0.667. The van der Waals surface area contributed by atoms with Crippen LogP contribution in [0.3, 0.4) is 0 Å². The Balaban J connectivity index is 1.89. The van der Waals surface area contributed by atoms with Gasteiger partial charge in [0.15, 0.2) is 0 Å². The van der Waals surface area contributed by atoms with Gasteiger partial charge in [0.2, 0.25) is 0 Å². The monoisotopic (exact) mass is 290 g/mol. The highest BCUT2D eigenvalue weighted by Gasteiger charge is 2.37. The molecule has 0 aliphatic carbocycles. The quantitative estimate of drug-likeness (QED) is 0.666. The Labute approximate surface area is 124 Å². The lowest BCUT2D eigenvalue weighted by atomic mass is 9.97. The van der Waals surface area contributed by atoms with Gasteiger partial charge in [0.1, 0.15) is 11.9 Å². The molecule has 1 N–H and O–H groups in total. The van der Waals surface area contributed by atoms with Crippen molar-refractivity contribution in [1.29, 1.82) is 0 Å². The van der Waals surface area contributed by atoms with Crippen LogP contribution < -0.4 is 10.2 Å². The van der Waals surface area contributed by atoms with Gasteiger partial charge >= 0.3 is 5.69 Å². The number of anilines is 1. The molecule has 21 heavy (non-hydrogen) atoms. The molecule has 1 aromatic heterocycles. The molecular formula is C15H22N4O2. The number of nitrogens with one attached hydrogen (secondary N) is 1. The van der Waals surface area contributed by atoms with Gasteiger partial charge in [-0.3, -0.25) is 15.1 Å². The molecule has 0 radical (unpaired) electrons. The summed E-state index contributed by atoms with van der Waals surface area (Å²) in [5.41, 5.74) is 0.847. The Kier molecular flexibility index (Phi) is 4.05. The minimum atomic E-state index is -0.319. The average Bonchev–Trinajstić information content (AvgIpc) is 2.83. The molecule has 6 nitrogen and oxygen atoms in total. The second-order valence-corrected chi connectivity index (χ2v) is 6.08. The Morgan fingerprint density at radius 3 is 2.76 bits per heavy atom. The SMILES string of the molecule is CCCN(c1ccncc1[N+](=O)[O-])C1CC2CCC(C1)N2. The first-order valence-corrected chi connectivity index (χ1v) is 7.80. The summed E-state index contributed by atoms with van der Waals surface area (Å²) in [6.07, 6.45) is 8.64. The van der Waals surface area contributed by atoms with E-state index >= 15 is 0 Å².